The Balaban J connectivity index is 2.24. The van der Waals surface area contributed by atoms with E-state index >= 15 is 0 Å². The second-order valence-corrected chi connectivity index (χ2v) is 3.94. The number of hydrogen-bond acceptors (Lipinski definition) is 4. The summed E-state index contributed by atoms with van der Waals surface area (Å²) in [6, 6.07) is 0. The van der Waals surface area contributed by atoms with Crippen LogP contribution in [0, 0.1) is 0 Å². The topological polar surface area (TPSA) is 66.0 Å². The van der Waals surface area contributed by atoms with Gasteiger partial charge in [-0.2, -0.15) is 0 Å². The van der Waals surface area contributed by atoms with Gasteiger partial charge in [-0.15, -0.1) is 10.2 Å². The van der Waals surface area contributed by atoms with Crippen LogP contribution in [0.1, 0.15) is 44.4 Å². The van der Waals surface area contributed by atoms with Crippen molar-refractivity contribution in [2.45, 2.75) is 52.0 Å². The van der Waals surface area contributed by atoms with Gasteiger partial charge in [0.2, 0.25) is 0 Å². The molecule has 0 aliphatic carbocycles. The predicted octanol–water partition coefficient (Wildman–Crippen LogP) is 0.997. The van der Waals surface area contributed by atoms with Crippen LogP contribution < -0.4 is 5.73 Å². The number of nitrogens with zero attached hydrogens (tertiary/aromatic N) is 3. The largest absolute Gasteiger partial charge is 0.367 e. The van der Waals surface area contributed by atoms with E-state index in [4.69, 9.17) is 10.5 Å². The maximum absolute atomic E-state index is 5.78. The van der Waals surface area contributed by atoms with Crippen molar-refractivity contribution in [1.82, 2.24) is 14.8 Å². The van der Waals surface area contributed by atoms with Crippen molar-refractivity contribution in [1.29, 1.82) is 0 Å². The number of hydrogen-bond donors (Lipinski definition) is 1. The van der Waals surface area contributed by atoms with E-state index in [1.54, 1.807) is 0 Å². The number of aromatic nitrogens is 3. The average Bonchev–Trinajstić information content (AvgIpc) is 2.82. The molecule has 2 rings (SSSR count). The lowest BCUT2D eigenvalue weighted by Crippen LogP contribution is -2.13. The van der Waals surface area contributed by atoms with Crippen molar-refractivity contribution in [3.8, 4) is 0 Å². The highest BCUT2D eigenvalue weighted by Crippen LogP contribution is 2.31. The summed E-state index contributed by atoms with van der Waals surface area (Å²) in [5.74, 6) is 1.78. The first-order valence-corrected chi connectivity index (χ1v) is 5.53. The first kappa shape index (κ1) is 10.6. The first-order valence-electron chi connectivity index (χ1n) is 5.53. The van der Waals surface area contributed by atoms with Gasteiger partial charge in [0, 0.05) is 6.54 Å². The Bertz CT molecular complexity index is 336. The molecule has 0 bridgehead atoms. The average molecular weight is 210 g/mol. The monoisotopic (exact) mass is 210 g/mol. The quantitative estimate of drug-likeness (QED) is 0.808. The molecule has 1 saturated heterocycles. The van der Waals surface area contributed by atoms with Crippen LogP contribution in [0.15, 0.2) is 0 Å². The predicted molar refractivity (Wildman–Crippen MR) is 56.1 cm³/mol. The summed E-state index contributed by atoms with van der Waals surface area (Å²) in [6.45, 7) is 5.45. The Morgan fingerprint density at radius 2 is 2.27 bits per heavy atom. The van der Waals surface area contributed by atoms with Crippen LogP contribution in [0.25, 0.3) is 0 Å². The molecule has 5 heteroatoms. The van der Waals surface area contributed by atoms with Crippen molar-refractivity contribution in [3.63, 3.8) is 0 Å². The summed E-state index contributed by atoms with van der Waals surface area (Å²) in [7, 11) is 0. The molecule has 1 aromatic rings. The second-order valence-electron chi connectivity index (χ2n) is 3.94. The molecule has 1 fully saturated rings. The summed E-state index contributed by atoms with van der Waals surface area (Å²) >= 11 is 0. The van der Waals surface area contributed by atoms with Gasteiger partial charge in [0.05, 0.1) is 12.6 Å². The van der Waals surface area contributed by atoms with Gasteiger partial charge < -0.3 is 15.0 Å². The van der Waals surface area contributed by atoms with Crippen LogP contribution in [-0.2, 0) is 17.8 Å². The molecular weight excluding hydrogens is 192 g/mol. The van der Waals surface area contributed by atoms with Crippen LogP contribution >= 0.6 is 0 Å². The summed E-state index contributed by atoms with van der Waals surface area (Å²) in [5.41, 5.74) is 5.60. The van der Waals surface area contributed by atoms with Crippen LogP contribution in [0.2, 0.25) is 0 Å². The zero-order valence-corrected chi connectivity index (χ0v) is 9.31. The molecule has 0 spiro atoms. The lowest BCUT2D eigenvalue weighted by molar-refractivity contribution is 0.0479. The molecule has 0 aromatic carbocycles. The van der Waals surface area contributed by atoms with Crippen molar-refractivity contribution in [3.05, 3.63) is 11.6 Å². The van der Waals surface area contributed by atoms with Crippen LogP contribution in [-0.4, -0.2) is 20.9 Å². The van der Waals surface area contributed by atoms with Gasteiger partial charge in [-0.1, -0.05) is 0 Å². The summed E-state index contributed by atoms with van der Waals surface area (Å²) in [5, 5.41) is 8.27. The Morgan fingerprint density at radius 3 is 2.80 bits per heavy atom. The molecular formula is C10H18N4O. The molecule has 2 N–H and O–H groups in total. The second kappa shape index (κ2) is 4.28. The molecule has 0 radical (unpaired) electrons. The van der Waals surface area contributed by atoms with Gasteiger partial charge in [-0.3, -0.25) is 0 Å². The molecule has 2 unspecified atom stereocenters. The fraction of sp³-hybridized carbons (Fsp3) is 0.800. The highest BCUT2D eigenvalue weighted by Gasteiger charge is 2.28. The van der Waals surface area contributed by atoms with E-state index in [-0.39, 0.29) is 6.10 Å². The van der Waals surface area contributed by atoms with Crippen molar-refractivity contribution in [2.24, 2.45) is 5.73 Å². The van der Waals surface area contributed by atoms with Crippen LogP contribution in [0.5, 0.6) is 0 Å². The molecule has 1 aromatic heterocycles. The van der Waals surface area contributed by atoms with Crippen LogP contribution in [0.3, 0.4) is 0 Å². The zero-order valence-electron chi connectivity index (χ0n) is 9.31. The fourth-order valence-corrected chi connectivity index (χ4v) is 2.08. The third-order valence-corrected chi connectivity index (χ3v) is 2.87. The Hall–Kier alpha value is -0.940. The molecule has 5 nitrogen and oxygen atoms in total. The van der Waals surface area contributed by atoms with Crippen molar-refractivity contribution < 1.29 is 4.74 Å². The maximum atomic E-state index is 5.78. The fourth-order valence-electron chi connectivity index (χ4n) is 2.08. The first-order chi connectivity index (χ1) is 7.26. The maximum Gasteiger partial charge on any atom is 0.162 e. The minimum Gasteiger partial charge on any atom is -0.367 e. The molecule has 1 aliphatic rings. The van der Waals surface area contributed by atoms with E-state index in [1.807, 2.05) is 0 Å². The van der Waals surface area contributed by atoms with E-state index in [1.165, 1.54) is 0 Å². The normalized spacial score (nSPS) is 26.1. The summed E-state index contributed by atoms with van der Waals surface area (Å²) in [4.78, 5) is 0. The number of nitrogens with two attached hydrogens (primary N) is 1. The minimum atomic E-state index is 0.104. The van der Waals surface area contributed by atoms with E-state index < -0.39 is 0 Å². The van der Waals surface area contributed by atoms with Gasteiger partial charge >= 0.3 is 0 Å². The summed E-state index contributed by atoms with van der Waals surface area (Å²) in [6.07, 6.45) is 2.56. The minimum absolute atomic E-state index is 0.104. The van der Waals surface area contributed by atoms with Crippen molar-refractivity contribution in [2.75, 3.05) is 0 Å². The van der Waals surface area contributed by atoms with Gasteiger partial charge in [0.25, 0.3) is 0 Å². The number of rotatable bonds is 3. The lowest BCUT2D eigenvalue weighted by Gasteiger charge is -2.12. The third-order valence-electron chi connectivity index (χ3n) is 2.87. The van der Waals surface area contributed by atoms with E-state index in [0.717, 1.165) is 31.0 Å². The highest BCUT2D eigenvalue weighted by atomic mass is 16.5. The van der Waals surface area contributed by atoms with Gasteiger partial charge in [-0.05, 0) is 26.7 Å². The van der Waals surface area contributed by atoms with Crippen LogP contribution in [0.4, 0.5) is 0 Å². The van der Waals surface area contributed by atoms with Gasteiger partial charge in [0.1, 0.15) is 11.9 Å². The number of ether oxygens (including phenoxy) is 1. The molecule has 2 atom stereocenters. The van der Waals surface area contributed by atoms with E-state index in [9.17, 15) is 0 Å². The molecule has 0 amide bonds. The molecule has 84 valence electrons. The molecule has 0 saturated carbocycles. The smallest absolute Gasteiger partial charge is 0.162 e. The third kappa shape index (κ3) is 1.89. The van der Waals surface area contributed by atoms with Gasteiger partial charge in [-0.25, -0.2) is 0 Å². The summed E-state index contributed by atoms with van der Waals surface area (Å²) < 4.78 is 7.84. The van der Waals surface area contributed by atoms with Crippen molar-refractivity contribution >= 4 is 0 Å². The van der Waals surface area contributed by atoms with Gasteiger partial charge in [0.15, 0.2) is 5.82 Å². The highest BCUT2D eigenvalue weighted by molar-refractivity contribution is 5.01. The molecule has 1 aliphatic heterocycles. The zero-order chi connectivity index (χ0) is 10.8. The Kier molecular flexibility index (Phi) is 3.02. The SMILES string of the molecule is CCn1c(CN)nnc1C1CCC(C)O1. The Labute approximate surface area is 89.6 Å². The molecule has 2 heterocycles. The van der Waals surface area contributed by atoms with E-state index in [0.29, 0.717) is 12.6 Å². The standard InChI is InChI=1S/C10H18N4O/c1-3-14-9(6-11)12-13-10(14)8-5-4-7(2)15-8/h7-8H,3-6,11H2,1-2H3. The molecule has 15 heavy (non-hydrogen) atoms. The van der Waals surface area contributed by atoms with E-state index in [2.05, 4.69) is 28.6 Å². The lowest BCUT2D eigenvalue weighted by atomic mass is 10.2. The Morgan fingerprint density at radius 1 is 1.47 bits per heavy atom.